The van der Waals surface area contributed by atoms with Crippen LogP contribution in [0.1, 0.15) is 35.0 Å². The van der Waals surface area contributed by atoms with Gasteiger partial charge in [-0.1, -0.05) is 0 Å². The number of alkyl halides is 2. The maximum atomic E-state index is 13.4. The van der Waals surface area contributed by atoms with E-state index >= 15 is 0 Å². The van der Waals surface area contributed by atoms with Crippen LogP contribution in [0.4, 0.5) is 13.2 Å². The summed E-state index contributed by atoms with van der Waals surface area (Å²) in [5.41, 5.74) is -2.66. The number of aromatic nitrogens is 1. The largest absolute Gasteiger partial charge is 0.461 e. The molecule has 0 fully saturated rings. The lowest BCUT2D eigenvalue weighted by Crippen LogP contribution is -2.13. The maximum Gasteiger partial charge on any atom is 0.357 e. The summed E-state index contributed by atoms with van der Waals surface area (Å²) in [5.74, 6) is -2.59. The van der Waals surface area contributed by atoms with Crippen LogP contribution in [-0.2, 0) is 4.74 Å². The summed E-state index contributed by atoms with van der Waals surface area (Å²) in [7, 11) is 0. The van der Waals surface area contributed by atoms with E-state index in [1.165, 1.54) is 13.0 Å². The van der Waals surface area contributed by atoms with Gasteiger partial charge >= 0.3 is 5.97 Å². The first-order chi connectivity index (χ1) is 8.02. The number of hydrogen-bond acceptors (Lipinski definition) is 4. The molecule has 0 N–H and O–H groups in total. The molecule has 4 nitrogen and oxygen atoms in total. The molecular formula is C10H7F3N2O2. The molecule has 0 bridgehead atoms. The van der Waals surface area contributed by atoms with Crippen LogP contribution in [-0.4, -0.2) is 17.6 Å². The molecule has 0 saturated heterocycles. The molecule has 0 amide bonds. The quantitative estimate of drug-likeness (QED) is 0.764. The molecule has 1 aromatic heterocycles. The van der Waals surface area contributed by atoms with E-state index in [1.807, 2.05) is 0 Å². The van der Waals surface area contributed by atoms with Gasteiger partial charge < -0.3 is 4.74 Å². The van der Waals surface area contributed by atoms with Crippen molar-refractivity contribution >= 4 is 5.97 Å². The van der Waals surface area contributed by atoms with Crippen LogP contribution in [0.3, 0.4) is 0 Å². The molecule has 1 aromatic rings. The third-order valence-corrected chi connectivity index (χ3v) is 1.86. The second-order valence-corrected chi connectivity index (χ2v) is 2.88. The summed E-state index contributed by atoms with van der Waals surface area (Å²) in [5, 5.41) is 8.47. The summed E-state index contributed by atoms with van der Waals surface area (Å²) in [6.07, 6.45) is -2.54. The number of nitriles is 1. The first-order valence-corrected chi connectivity index (χ1v) is 4.56. The highest BCUT2D eigenvalue weighted by Gasteiger charge is 2.27. The van der Waals surface area contributed by atoms with Crippen molar-refractivity contribution < 1.29 is 22.7 Å². The molecule has 17 heavy (non-hydrogen) atoms. The van der Waals surface area contributed by atoms with E-state index < -0.39 is 35.0 Å². The highest BCUT2D eigenvalue weighted by Crippen LogP contribution is 2.26. The SMILES string of the molecule is CCOC(=O)c1ncc(C#N)c(F)c1C(F)F. The van der Waals surface area contributed by atoms with Crippen molar-refractivity contribution in [3.8, 4) is 6.07 Å². The van der Waals surface area contributed by atoms with E-state index in [4.69, 9.17) is 5.26 Å². The van der Waals surface area contributed by atoms with Crippen molar-refractivity contribution in [2.45, 2.75) is 13.3 Å². The van der Waals surface area contributed by atoms with Crippen LogP contribution in [0, 0.1) is 17.1 Å². The Kier molecular flexibility index (Phi) is 4.04. The van der Waals surface area contributed by atoms with Crippen molar-refractivity contribution in [2.75, 3.05) is 6.61 Å². The zero-order valence-corrected chi connectivity index (χ0v) is 8.71. The van der Waals surface area contributed by atoms with Crippen LogP contribution < -0.4 is 0 Å². The van der Waals surface area contributed by atoms with Crippen LogP contribution in [0.2, 0.25) is 0 Å². The Morgan fingerprint density at radius 3 is 2.76 bits per heavy atom. The summed E-state index contributed by atoms with van der Waals surface area (Å²) < 4.78 is 43.1. The molecular weight excluding hydrogens is 237 g/mol. The van der Waals surface area contributed by atoms with E-state index in [0.29, 0.717) is 6.20 Å². The van der Waals surface area contributed by atoms with E-state index in [2.05, 4.69) is 9.72 Å². The average Bonchev–Trinajstić information content (AvgIpc) is 2.28. The normalized spacial score (nSPS) is 10.1. The van der Waals surface area contributed by atoms with Gasteiger partial charge in [0.15, 0.2) is 11.5 Å². The number of pyridine rings is 1. The van der Waals surface area contributed by atoms with Gasteiger partial charge in [-0.15, -0.1) is 0 Å². The van der Waals surface area contributed by atoms with Crippen molar-refractivity contribution in [3.05, 3.63) is 28.8 Å². The van der Waals surface area contributed by atoms with Gasteiger partial charge in [-0.2, -0.15) is 5.26 Å². The lowest BCUT2D eigenvalue weighted by molar-refractivity contribution is 0.0505. The summed E-state index contributed by atoms with van der Waals surface area (Å²) in [4.78, 5) is 14.6. The fraction of sp³-hybridized carbons (Fsp3) is 0.300. The molecule has 0 aliphatic rings. The standard InChI is InChI=1S/C10H7F3N2O2/c1-2-17-10(16)8-6(9(12)13)7(11)5(3-14)4-15-8/h4,9H,2H2,1H3. The smallest absolute Gasteiger partial charge is 0.357 e. The average molecular weight is 244 g/mol. The van der Waals surface area contributed by atoms with Gasteiger partial charge in [-0.05, 0) is 6.92 Å². The monoisotopic (exact) mass is 244 g/mol. The number of rotatable bonds is 3. The third kappa shape index (κ3) is 2.53. The summed E-state index contributed by atoms with van der Waals surface area (Å²) in [6, 6.07) is 1.37. The number of esters is 1. The Bertz CT molecular complexity index is 483. The minimum Gasteiger partial charge on any atom is -0.461 e. The molecule has 0 atom stereocenters. The second kappa shape index (κ2) is 5.30. The molecule has 90 valence electrons. The minimum absolute atomic E-state index is 0.0508. The molecule has 7 heteroatoms. The zero-order chi connectivity index (χ0) is 13.0. The molecule has 1 heterocycles. The number of ether oxygens (including phenoxy) is 1. The second-order valence-electron chi connectivity index (χ2n) is 2.88. The van der Waals surface area contributed by atoms with Gasteiger partial charge in [0.25, 0.3) is 6.43 Å². The van der Waals surface area contributed by atoms with Crippen LogP contribution in [0.5, 0.6) is 0 Å². The molecule has 0 radical (unpaired) electrons. The zero-order valence-electron chi connectivity index (χ0n) is 8.71. The van der Waals surface area contributed by atoms with Gasteiger partial charge in [0.1, 0.15) is 11.6 Å². The molecule has 0 spiro atoms. The predicted molar refractivity (Wildman–Crippen MR) is 49.8 cm³/mol. The fourth-order valence-corrected chi connectivity index (χ4v) is 1.14. The van der Waals surface area contributed by atoms with Crippen molar-refractivity contribution in [1.82, 2.24) is 4.98 Å². The highest BCUT2D eigenvalue weighted by atomic mass is 19.3. The van der Waals surface area contributed by atoms with E-state index in [1.54, 1.807) is 0 Å². The number of carbonyl (C=O) groups is 1. The van der Waals surface area contributed by atoms with Gasteiger partial charge in [0.2, 0.25) is 0 Å². The predicted octanol–water partition coefficient (Wildman–Crippen LogP) is 2.21. The van der Waals surface area contributed by atoms with E-state index in [0.717, 1.165) is 0 Å². The Hall–Kier alpha value is -2.10. The van der Waals surface area contributed by atoms with Crippen LogP contribution in [0.15, 0.2) is 6.20 Å². The number of hydrogen-bond donors (Lipinski definition) is 0. The number of carbonyl (C=O) groups excluding carboxylic acids is 1. The lowest BCUT2D eigenvalue weighted by atomic mass is 10.1. The number of halogens is 3. The first kappa shape index (κ1) is 13.0. The van der Waals surface area contributed by atoms with E-state index in [-0.39, 0.29) is 6.61 Å². The minimum atomic E-state index is -3.25. The maximum absolute atomic E-state index is 13.4. The van der Waals surface area contributed by atoms with Crippen molar-refractivity contribution in [2.24, 2.45) is 0 Å². The van der Waals surface area contributed by atoms with E-state index in [9.17, 15) is 18.0 Å². The molecule has 0 aliphatic heterocycles. The fourth-order valence-electron chi connectivity index (χ4n) is 1.14. The number of nitrogens with zero attached hydrogens (tertiary/aromatic N) is 2. The molecule has 0 unspecified atom stereocenters. The van der Waals surface area contributed by atoms with Gasteiger partial charge in [-0.3, -0.25) is 0 Å². The molecule has 0 aliphatic carbocycles. The van der Waals surface area contributed by atoms with Gasteiger partial charge in [-0.25, -0.2) is 22.9 Å². The summed E-state index contributed by atoms with van der Waals surface area (Å²) >= 11 is 0. The van der Waals surface area contributed by atoms with Crippen molar-refractivity contribution in [1.29, 1.82) is 5.26 Å². The highest BCUT2D eigenvalue weighted by molar-refractivity contribution is 5.89. The topological polar surface area (TPSA) is 63.0 Å². The lowest BCUT2D eigenvalue weighted by Gasteiger charge is -2.08. The van der Waals surface area contributed by atoms with Crippen molar-refractivity contribution in [3.63, 3.8) is 0 Å². The Morgan fingerprint density at radius 2 is 2.29 bits per heavy atom. The molecule has 0 aromatic carbocycles. The van der Waals surface area contributed by atoms with Gasteiger partial charge in [0, 0.05) is 6.20 Å². The third-order valence-electron chi connectivity index (χ3n) is 1.86. The Morgan fingerprint density at radius 1 is 1.65 bits per heavy atom. The first-order valence-electron chi connectivity index (χ1n) is 4.56. The van der Waals surface area contributed by atoms with Crippen LogP contribution >= 0.6 is 0 Å². The Labute approximate surface area is 94.6 Å². The molecule has 1 rings (SSSR count). The molecule has 0 saturated carbocycles. The van der Waals surface area contributed by atoms with Crippen LogP contribution in [0.25, 0.3) is 0 Å². The Balaban J connectivity index is 3.37. The summed E-state index contributed by atoms with van der Waals surface area (Å²) in [6.45, 7) is 1.42. The van der Waals surface area contributed by atoms with Gasteiger partial charge in [0.05, 0.1) is 12.2 Å².